The summed E-state index contributed by atoms with van der Waals surface area (Å²) in [5.41, 5.74) is 1.60. The number of nitrogens with one attached hydrogen (secondary N) is 2. The van der Waals surface area contributed by atoms with Gasteiger partial charge in [0.2, 0.25) is 10.0 Å². The summed E-state index contributed by atoms with van der Waals surface area (Å²) >= 11 is 0. The van der Waals surface area contributed by atoms with Crippen molar-refractivity contribution in [2.24, 2.45) is 11.8 Å². The fraction of sp³-hybridized carbons (Fsp3) is 0.690. The Morgan fingerprint density at radius 2 is 1.35 bits per heavy atom. The number of ether oxygens (including phenoxy) is 10. The number of methoxy groups -OCH3 is 1. The average molecular weight is 870 g/mol. The summed E-state index contributed by atoms with van der Waals surface area (Å²) < 4.78 is 84.0. The van der Waals surface area contributed by atoms with Gasteiger partial charge in [-0.15, -0.1) is 0 Å². The third-order valence-corrected chi connectivity index (χ3v) is 11.5. The highest BCUT2D eigenvalue weighted by Crippen LogP contribution is 2.33. The van der Waals surface area contributed by atoms with E-state index < -0.39 is 34.4 Å². The average Bonchev–Trinajstić information content (AvgIpc) is 3.86. The molecular formula is C42H67N3O14S. The number of hydrogen-bond acceptors (Lipinski definition) is 15. The second-order valence-corrected chi connectivity index (χ2v) is 16.7. The number of hydrogen-bond donors (Lipinski definition) is 3. The van der Waals surface area contributed by atoms with Gasteiger partial charge >= 0.3 is 6.09 Å². The topological polar surface area (TPSA) is 191 Å². The van der Waals surface area contributed by atoms with Crippen LogP contribution in [0.15, 0.2) is 59.5 Å². The molecule has 4 rings (SSSR count). The fourth-order valence-electron chi connectivity index (χ4n) is 6.54. The lowest BCUT2D eigenvalue weighted by molar-refractivity contribution is -0.0907. The van der Waals surface area contributed by atoms with E-state index in [9.17, 15) is 18.3 Å². The third-order valence-electron chi connectivity index (χ3n) is 9.63. The molecule has 0 aromatic heterocycles. The van der Waals surface area contributed by atoms with Crippen molar-refractivity contribution in [1.29, 1.82) is 0 Å². The van der Waals surface area contributed by atoms with E-state index in [1.807, 2.05) is 44.2 Å². The zero-order valence-electron chi connectivity index (χ0n) is 35.4. The van der Waals surface area contributed by atoms with Crippen molar-refractivity contribution in [3.05, 3.63) is 60.2 Å². The van der Waals surface area contributed by atoms with Crippen molar-refractivity contribution in [1.82, 2.24) is 9.62 Å². The number of nitrogens with zero attached hydrogens (tertiary/aromatic N) is 1. The second-order valence-electron chi connectivity index (χ2n) is 14.8. The molecule has 18 heteroatoms. The molecule has 1 unspecified atom stereocenters. The highest BCUT2D eigenvalue weighted by atomic mass is 32.2. The largest absolute Gasteiger partial charge is 0.443 e. The first-order valence-electron chi connectivity index (χ1n) is 20.9. The first-order valence-corrected chi connectivity index (χ1v) is 22.3. The van der Waals surface area contributed by atoms with Gasteiger partial charge in [0, 0.05) is 32.4 Å². The summed E-state index contributed by atoms with van der Waals surface area (Å²) in [7, 11) is -2.39. The summed E-state index contributed by atoms with van der Waals surface area (Å²) in [5, 5.41) is 17.7. The van der Waals surface area contributed by atoms with Crippen molar-refractivity contribution in [3.8, 4) is 0 Å². The predicted octanol–water partition coefficient (Wildman–Crippen LogP) is 2.95. The number of anilines is 1. The highest BCUT2D eigenvalue weighted by Gasteiger charge is 2.44. The van der Waals surface area contributed by atoms with E-state index in [4.69, 9.17) is 47.4 Å². The first-order chi connectivity index (χ1) is 29.2. The van der Waals surface area contributed by atoms with Crippen LogP contribution in [0.4, 0.5) is 10.5 Å². The Kier molecular flexibility index (Phi) is 23.7. The smallest absolute Gasteiger partial charge is 0.407 e. The monoisotopic (exact) mass is 869 g/mol. The summed E-state index contributed by atoms with van der Waals surface area (Å²) in [4.78, 5) is 13.2. The second kappa shape index (κ2) is 28.6. The van der Waals surface area contributed by atoms with E-state index in [1.54, 1.807) is 31.4 Å². The number of aliphatic hydroxyl groups is 1. The number of alkyl carbamates (subject to hydrolysis) is 1. The van der Waals surface area contributed by atoms with E-state index in [0.29, 0.717) is 99.0 Å². The van der Waals surface area contributed by atoms with Crippen molar-refractivity contribution < 1.29 is 65.7 Å². The SMILES string of the molecule is COCCOCCOCCOCCOCCOCCOCCNc1ccc(S(=O)(=O)N(CC(C)C)CC(O)[C@H](Cc2ccccc2)NC(=O)O[C@H]2CO[C@H]3OCC[C@H]32)cc1. The van der Waals surface area contributed by atoms with Gasteiger partial charge in [0.25, 0.3) is 0 Å². The number of amides is 1. The van der Waals surface area contributed by atoms with Gasteiger partial charge in [0.15, 0.2) is 6.29 Å². The standard InChI is InChI=1S/C42H67N3O14S/c1-33(2)30-45(31-39(46)38(29-34-7-5-4-6-8-34)44-42(47)59-40-32-58-41-37(40)13-15-57-41)60(48,49)36-11-9-35(10-12-36)43-14-16-51-19-20-53-23-24-55-27-28-56-26-25-54-22-21-52-18-17-50-3/h4-12,33,37-41,43,46H,13-32H2,1-3H3,(H,44,47)/t37-,38-,39?,40-,41+/m0/s1. The molecule has 0 bridgehead atoms. The lowest BCUT2D eigenvalue weighted by Gasteiger charge is -2.31. The van der Waals surface area contributed by atoms with E-state index in [2.05, 4.69) is 10.6 Å². The maximum absolute atomic E-state index is 14.0. The molecule has 0 radical (unpaired) electrons. The number of aliphatic hydroxyl groups excluding tert-OH is 1. The van der Waals surface area contributed by atoms with Gasteiger partial charge in [-0.1, -0.05) is 44.2 Å². The molecule has 0 saturated carbocycles. The molecular weight excluding hydrogens is 803 g/mol. The molecule has 3 N–H and O–H groups in total. The minimum atomic E-state index is -4.02. The summed E-state index contributed by atoms with van der Waals surface area (Å²) in [6.07, 6.45) is -1.82. The maximum Gasteiger partial charge on any atom is 0.407 e. The first kappa shape index (κ1) is 49.7. The van der Waals surface area contributed by atoms with E-state index in [-0.39, 0.29) is 49.1 Å². The van der Waals surface area contributed by atoms with Gasteiger partial charge in [-0.2, -0.15) is 4.31 Å². The Morgan fingerprint density at radius 3 is 1.92 bits per heavy atom. The van der Waals surface area contributed by atoms with Crippen LogP contribution in [0.5, 0.6) is 0 Å². The van der Waals surface area contributed by atoms with Crippen molar-refractivity contribution in [2.45, 2.75) is 56.1 Å². The zero-order valence-corrected chi connectivity index (χ0v) is 36.2. The quantitative estimate of drug-likeness (QED) is 0.0888. The molecule has 2 fully saturated rings. The van der Waals surface area contributed by atoms with Crippen LogP contribution in [0.2, 0.25) is 0 Å². The molecule has 2 aromatic rings. The molecule has 5 atom stereocenters. The lowest BCUT2D eigenvalue weighted by Crippen LogP contribution is -2.51. The molecule has 1 amide bonds. The van der Waals surface area contributed by atoms with Crippen LogP contribution in [-0.2, 0) is 63.8 Å². The van der Waals surface area contributed by atoms with Gasteiger partial charge in [0.1, 0.15) is 6.10 Å². The minimum Gasteiger partial charge on any atom is -0.443 e. The van der Waals surface area contributed by atoms with Crippen LogP contribution in [0.3, 0.4) is 0 Å². The molecule has 0 spiro atoms. The van der Waals surface area contributed by atoms with Gasteiger partial charge in [-0.05, 0) is 48.6 Å². The predicted molar refractivity (Wildman–Crippen MR) is 222 cm³/mol. The molecule has 0 aliphatic carbocycles. The molecule has 2 aliphatic heterocycles. The number of benzene rings is 2. The molecule has 60 heavy (non-hydrogen) atoms. The van der Waals surface area contributed by atoms with Crippen LogP contribution in [0.25, 0.3) is 0 Å². The number of sulfonamides is 1. The van der Waals surface area contributed by atoms with E-state index >= 15 is 0 Å². The Morgan fingerprint density at radius 1 is 0.783 bits per heavy atom. The van der Waals surface area contributed by atoms with E-state index in [1.165, 1.54) is 4.31 Å². The van der Waals surface area contributed by atoms with Crippen LogP contribution in [0.1, 0.15) is 25.8 Å². The summed E-state index contributed by atoms with van der Waals surface area (Å²) in [5.74, 6) is -0.0818. The highest BCUT2D eigenvalue weighted by molar-refractivity contribution is 7.89. The van der Waals surface area contributed by atoms with Gasteiger partial charge < -0.3 is 63.1 Å². The Bertz CT molecular complexity index is 1540. The zero-order chi connectivity index (χ0) is 42.8. The van der Waals surface area contributed by atoms with Gasteiger partial charge in [-0.3, -0.25) is 0 Å². The Balaban J connectivity index is 1.13. The Labute approximate surface area is 355 Å². The number of fused-ring (bicyclic) bond motifs is 1. The van der Waals surface area contributed by atoms with Crippen molar-refractivity contribution >= 4 is 21.8 Å². The maximum atomic E-state index is 14.0. The molecule has 17 nitrogen and oxygen atoms in total. The molecule has 340 valence electrons. The van der Waals surface area contributed by atoms with Crippen LogP contribution in [-0.4, -0.2) is 174 Å². The van der Waals surface area contributed by atoms with Crippen molar-refractivity contribution in [3.63, 3.8) is 0 Å². The van der Waals surface area contributed by atoms with Crippen LogP contribution >= 0.6 is 0 Å². The summed E-state index contributed by atoms with van der Waals surface area (Å²) in [6.45, 7) is 11.3. The number of carbonyl (C=O) groups is 1. The van der Waals surface area contributed by atoms with Crippen LogP contribution in [0, 0.1) is 11.8 Å². The summed E-state index contributed by atoms with van der Waals surface area (Å²) in [6, 6.07) is 15.0. The van der Waals surface area contributed by atoms with Gasteiger partial charge in [-0.25, -0.2) is 13.2 Å². The van der Waals surface area contributed by atoms with Crippen LogP contribution < -0.4 is 10.6 Å². The minimum absolute atomic E-state index is 0.0360. The van der Waals surface area contributed by atoms with Crippen molar-refractivity contribution in [2.75, 3.05) is 131 Å². The third kappa shape index (κ3) is 18.6. The lowest BCUT2D eigenvalue weighted by atomic mass is 10.0. The normalized spacial score (nSPS) is 18.8. The molecule has 2 aromatic carbocycles. The molecule has 2 saturated heterocycles. The number of rotatable bonds is 33. The Hall–Kier alpha value is -2.98. The molecule has 2 heterocycles. The van der Waals surface area contributed by atoms with Gasteiger partial charge in [0.05, 0.1) is 122 Å². The fourth-order valence-corrected chi connectivity index (χ4v) is 8.16. The van der Waals surface area contributed by atoms with E-state index in [0.717, 1.165) is 17.7 Å². The number of carbonyl (C=O) groups excluding carboxylic acids is 1. The molecule has 2 aliphatic rings.